The van der Waals surface area contributed by atoms with Crippen LogP contribution in [0.25, 0.3) is 0 Å². The summed E-state index contributed by atoms with van der Waals surface area (Å²) in [5.74, 6) is -0.0756. The van der Waals surface area contributed by atoms with Crippen molar-refractivity contribution in [2.75, 3.05) is 6.61 Å². The SMILES string of the molecule is CCC(CCCC(C)(CCCC(C)(C)C(=O)OC12CC3CC(CC(CCCO)(C3)C1)C2)C(=O)OC(C)CC(O)(C(F)(F)F)C(F)(F)F)c1ccccc1. The molecular weight excluding hydrogens is 702 g/mol. The Bertz CT molecular complexity index is 1350. The maximum atomic E-state index is 13.9. The Labute approximate surface area is 310 Å². The molecule has 4 aliphatic carbocycles. The van der Waals surface area contributed by atoms with Gasteiger partial charge in [-0.2, -0.15) is 26.3 Å². The number of hydrogen-bond acceptors (Lipinski definition) is 6. The molecule has 302 valence electrons. The van der Waals surface area contributed by atoms with Crippen LogP contribution in [0.3, 0.4) is 0 Å². The van der Waals surface area contributed by atoms with Gasteiger partial charge >= 0.3 is 24.3 Å². The summed E-state index contributed by atoms with van der Waals surface area (Å²) in [7, 11) is 0. The molecule has 4 saturated carbocycles. The van der Waals surface area contributed by atoms with Crippen LogP contribution in [0.1, 0.15) is 149 Å². The molecule has 4 aliphatic rings. The molecular formula is C41H60F6O6. The number of aliphatic hydroxyl groups excluding tert-OH is 1. The van der Waals surface area contributed by atoms with E-state index in [9.17, 15) is 46.1 Å². The van der Waals surface area contributed by atoms with Gasteiger partial charge in [0.15, 0.2) is 0 Å². The second kappa shape index (κ2) is 16.4. The van der Waals surface area contributed by atoms with Crippen LogP contribution in [0.15, 0.2) is 30.3 Å². The van der Waals surface area contributed by atoms with Gasteiger partial charge in [0.05, 0.1) is 10.8 Å². The number of alkyl halides is 6. The number of esters is 2. The lowest BCUT2D eigenvalue weighted by atomic mass is 9.47. The summed E-state index contributed by atoms with van der Waals surface area (Å²) in [5, 5.41) is 19.3. The molecule has 5 rings (SSSR count). The first kappa shape index (κ1) is 43.4. The Morgan fingerprint density at radius 1 is 0.868 bits per heavy atom. The second-order valence-electron chi connectivity index (χ2n) is 17.8. The Morgan fingerprint density at radius 3 is 2.00 bits per heavy atom. The average Bonchev–Trinajstić information content (AvgIpc) is 3.04. The van der Waals surface area contributed by atoms with Gasteiger partial charge in [-0.05, 0) is 140 Å². The normalized spacial score (nSPS) is 26.9. The van der Waals surface area contributed by atoms with Crippen molar-refractivity contribution in [2.45, 2.75) is 173 Å². The third kappa shape index (κ3) is 10.1. The highest BCUT2D eigenvalue weighted by Crippen LogP contribution is 2.64. The topological polar surface area (TPSA) is 93.1 Å². The van der Waals surface area contributed by atoms with E-state index >= 15 is 0 Å². The molecule has 6 nitrogen and oxygen atoms in total. The third-order valence-electron chi connectivity index (χ3n) is 12.8. The van der Waals surface area contributed by atoms with Crippen LogP contribution in [0.2, 0.25) is 0 Å². The highest BCUT2D eigenvalue weighted by molar-refractivity contribution is 5.77. The van der Waals surface area contributed by atoms with E-state index < -0.39 is 52.9 Å². The molecule has 5 atom stereocenters. The van der Waals surface area contributed by atoms with E-state index in [4.69, 9.17) is 9.47 Å². The third-order valence-corrected chi connectivity index (χ3v) is 12.8. The fraction of sp³-hybridized carbons (Fsp3) is 0.805. The largest absolute Gasteiger partial charge is 0.462 e. The minimum absolute atomic E-state index is 0.0870. The first-order valence-electron chi connectivity index (χ1n) is 19.5. The van der Waals surface area contributed by atoms with Crippen molar-refractivity contribution >= 4 is 11.9 Å². The molecule has 0 heterocycles. The van der Waals surface area contributed by atoms with Crippen LogP contribution in [0.5, 0.6) is 0 Å². The van der Waals surface area contributed by atoms with Crippen LogP contribution in [0.4, 0.5) is 26.3 Å². The molecule has 4 bridgehead atoms. The zero-order valence-electron chi connectivity index (χ0n) is 32.0. The molecule has 0 radical (unpaired) electrons. The average molecular weight is 763 g/mol. The van der Waals surface area contributed by atoms with Gasteiger partial charge < -0.3 is 19.7 Å². The van der Waals surface area contributed by atoms with Crippen molar-refractivity contribution in [3.8, 4) is 0 Å². The van der Waals surface area contributed by atoms with Gasteiger partial charge in [-0.1, -0.05) is 50.1 Å². The van der Waals surface area contributed by atoms with E-state index in [1.165, 1.54) is 0 Å². The molecule has 0 spiro atoms. The van der Waals surface area contributed by atoms with E-state index in [2.05, 4.69) is 6.92 Å². The molecule has 0 saturated heterocycles. The van der Waals surface area contributed by atoms with Crippen LogP contribution in [0, 0.1) is 28.1 Å². The zero-order chi connectivity index (χ0) is 39.5. The number of hydrogen-bond donors (Lipinski definition) is 2. The number of halogens is 6. The minimum Gasteiger partial charge on any atom is -0.462 e. The predicted octanol–water partition coefficient (Wildman–Crippen LogP) is 10.4. The molecule has 4 fully saturated rings. The van der Waals surface area contributed by atoms with E-state index in [1.54, 1.807) is 20.8 Å². The minimum atomic E-state index is -6.03. The second-order valence-corrected chi connectivity index (χ2v) is 17.8. The quantitative estimate of drug-likeness (QED) is 0.108. The van der Waals surface area contributed by atoms with Crippen molar-refractivity contribution < 1.29 is 55.6 Å². The highest BCUT2D eigenvalue weighted by Gasteiger charge is 2.70. The monoisotopic (exact) mass is 762 g/mol. The first-order valence-corrected chi connectivity index (χ1v) is 19.5. The van der Waals surface area contributed by atoms with Gasteiger partial charge in [0.2, 0.25) is 0 Å². The van der Waals surface area contributed by atoms with Crippen molar-refractivity contribution in [1.29, 1.82) is 0 Å². The van der Waals surface area contributed by atoms with Crippen molar-refractivity contribution in [1.82, 2.24) is 0 Å². The van der Waals surface area contributed by atoms with Gasteiger partial charge in [-0.3, -0.25) is 9.59 Å². The van der Waals surface area contributed by atoms with Gasteiger partial charge in [-0.15, -0.1) is 0 Å². The number of carbonyl (C=O) groups is 2. The summed E-state index contributed by atoms with van der Waals surface area (Å²) in [5.41, 5.74) is -6.55. The van der Waals surface area contributed by atoms with Gasteiger partial charge in [0, 0.05) is 13.0 Å². The summed E-state index contributed by atoms with van der Waals surface area (Å²) >= 11 is 0. The number of rotatable bonds is 19. The Kier molecular flexibility index (Phi) is 13.4. The van der Waals surface area contributed by atoms with Gasteiger partial charge in [0.25, 0.3) is 5.60 Å². The van der Waals surface area contributed by atoms with E-state index in [0.717, 1.165) is 70.3 Å². The van der Waals surface area contributed by atoms with Crippen LogP contribution in [-0.2, 0) is 19.1 Å². The fourth-order valence-corrected chi connectivity index (χ4v) is 10.2. The van der Waals surface area contributed by atoms with Crippen molar-refractivity contribution in [3.63, 3.8) is 0 Å². The van der Waals surface area contributed by atoms with Crippen LogP contribution >= 0.6 is 0 Å². The molecule has 0 aromatic heterocycles. The molecule has 53 heavy (non-hydrogen) atoms. The summed E-state index contributed by atoms with van der Waals surface area (Å²) < 4.78 is 92.4. The Hall–Kier alpha value is -2.34. The van der Waals surface area contributed by atoms with Crippen molar-refractivity contribution in [3.05, 3.63) is 35.9 Å². The summed E-state index contributed by atoms with van der Waals surface area (Å²) in [6.07, 6.45) is -5.15. The lowest BCUT2D eigenvalue weighted by molar-refractivity contribution is -0.373. The Morgan fingerprint density at radius 2 is 1.45 bits per heavy atom. The number of aliphatic hydroxyl groups is 2. The summed E-state index contributed by atoms with van der Waals surface area (Å²) in [6, 6.07) is 9.83. The molecule has 1 aromatic carbocycles. The van der Waals surface area contributed by atoms with Gasteiger partial charge in [0.1, 0.15) is 11.7 Å². The molecule has 1 aromatic rings. The van der Waals surface area contributed by atoms with E-state index in [1.807, 2.05) is 30.3 Å². The fourth-order valence-electron chi connectivity index (χ4n) is 10.2. The molecule has 0 amide bonds. The predicted molar refractivity (Wildman–Crippen MR) is 189 cm³/mol. The molecule has 2 N–H and O–H groups in total. The number of benzene rings is 1. The first-order chi connectivity index (χ1) is 24.5. The lowest BCUT2D eigenvalue weighted by Crippen LogP contribution is -2.58. The van der Waals surface area contributed by atoms with E-state index in [0.29, 0.717) is 37.5 Å². The molecule has 12 heteroatoms. The number of ether oxygens (including phenoxy) is 2. The highest BCUT2D eigenvalue weighted by atomic mass is 19.4. The molecule has 0 aliphatic heterocycles. The van der Waals surface area contributed by atoms with Crippen LogP contribution in [-0.4, -0.2) is 58.4 Å². The van der Waals surface area contributed by atoms with Crippen LogP contribution < -0.4 is 0 Å². The van der Waals surface area contributed by atoms with Crippen molar-refractivity contribution in [2.24, 2.45) is 28.1 Å². The summed E-state index contributed by atoms with van der Waals surface area (Å²) in [4.78, 5) is 27.6. The maximum Gasteiger partial charge on any atom is 0.426 e. The van der Waals surface area contributed by atoms with Gasteiger partial charge in [-0.25, -0.2) is 0 Å². The summed E-state index contributed by atoms with van der Waals surface area (Å²) in [6.45, 7) is 8.32. The maximum absolute atomic E-state index is 13.9. The molecule has 5 unspecified atom stereocenters. The van der Waals surface area contributed by atoms with E-state index in [-0.39, 0.29) is 36.8 Å². The number of carbonyl (C=O) groups excluding carboxylic acids is 2. The standard InChI is InChI=1S/C41H60F6O6/c1-6-31(32-13-8-7-9-14-32)15-10-17-36(5,34(50)52-28(2)22-39(51,40(42,43)44)41(45,46)47)18-11-16-35(3,4)33(49)53-38-25-29-21-30(26-38)24-37(23-29,27-38)19-12-20-48/h7-9,13-14,28-31,48,51H,6,10-12,15-27H2,1-5H3. The Balaban J connectivity index is 1.44. The smallest absolute Gasteiger partial charge is 0.426 e. The lowest BCUT2D eigenvalue weighted by Gasteiger charge is -2.61. The zero-order valence-corrected chi connectivity index (χ0v) is 32.0.